The monoisotopic (exact) mass is 516 g/mol. The summed E-state index contributed by atoms with van der Waals surface area (Å²) in [6.07, 6.45) is 3.64. The van der Waals surface area contributed by atoms with E-state index in [1.807, 2.05) is 19.9 Å². The number of likely N-dealkylation sites (tertiary alicyclic amines) is 1. The number of likely N-dealkylation sites (N-methyl/N-ethyl adjacent to an activating group) is 1. The maximum Gasteiger partial charge on any atom is 0.274 e. The van der Waals surface area contributed by atoms with Crippen molar-refractivity contribution in [3.8, 4) is 0 Å². The number of fused-ring (bicyclic) bond motifs is 1. The van der Waals surface area contributed by atoms with Gasteiger partial charge in [0, 0.05) is 56.6 Å². The minimum Gasteiger partial charge on any atom is -0.369 e. The van der Waals surface area contributed by atoms with Crippen LogP contribution in [0.4, 0.5) is 17.3 Å². The van der Waals surface area contributed by atoms with Gasteiger partial charge in [0.1, 0.15) is 11.2 Å². The predicted octanol–water partition coefficient (Wildman–Crippen LogP) is 3.07. The maximum absolute atomic E-state index is 13.6. The lowest BCUT2D eigenvalue weighted by molar-refractivity contribution is -0.125. The first kappa shape index (κ1) is 25.8. The molecule has 2 aliphatic rings. The van der Waals surface area contributed by atoms with Crippen molar-refractivity contribution in [2.45, 2.75) is 39.2 Å². The van der Waals surface area contributed by atoms with Crippen molar-refractivity contribution < 1.29 is 4.79 Å². The van der Waals surface area contributed by atoms with Gasteiger partial charge in [0.2, 0.25) is 11.9 Å². The molecule has 200 valence electrons. The van der Waals surface area contributed by atoms with Gasteiger partial charge < -0.3 is 20.0 Å². The Balaban J connectivity index is 1.47. The summed E-state index contributed by atoms with van der Waals surface area (Å²) >= 11 is 0. The normalized spacial score (nSPS) is 18.4. The molecule has 0 radical (unpaired) electrons. The molecule has 0 saturated carbocycles. The highest BCUT2D eigenvalue weighted by atomic mass is 16.2. The zero-order valence-corrected chi connectivity index (χ0v) is 22.6. The minimum atomic E-state index is -0.192. The third-order valence-corrected chi connectivity index (χ3v) is 7.52. The van der Waals surface area contributed by atoms with Gasteiger partial charge in [-0.1, -0.05) is 20.4 Å². The van der Waals surface area contributed by atoms with Gasteiger partial charge in [0.05, 0.1) is 12.2 Å². The van der Waals surface area contributed by atoms with Crippen LogP contribution in [0.5, 0.6) is 0 Å². The van der Waals surface area contributed by atoms with Gasteiger partial charge >= 0.3 is 0 Å². The number of nitrogens with one attached hydrogen (secondary N) is 1. The summed E-state index contributed by atoms with van der Waals surface area (Å²) < 4.78 is 1.71. The number of carbonyl (C=O) groups is 1. The Labute approximate surface area is 223 Å². The van der Waals surface area contributed by atoms with Crippen LogP contribution < -0.4 is 15.8 Å². The van der Waals surface area contributed by atoms with E-state index >= 15 is 0 Å². The molecular weight excluding hydrogens is 480 g/mol. The minimum absolute atomic E-state index is 0.0509. The van der Waals surface area contributed by atoms with Crippen LogP contribution in [0.15, 0.2) is 41.8 Å². The highest BCUT2D eigenvalue weighted by Crippen LogP contribution is 2.28. The van der Waals surface area contributed by atoms with E-state index < -0.39 is 0 Å². The zero-order chi connectivity index (χ0) is 27.0. The number of hydrogen-bond acceptors (Lipinski definition) is 8. The van der Waals surface area contributed by atoms with E-state index in [1.54, 1.807) is 15.7 Å². The van der Waals surface area contributed by atoms with E-state index in [1.165, 1.54) is 17.3 Å². The van der Waals surface area contributed by atoms with Gasteiger partial charge in [-0.3, -0.25) is 14.2 Å². The Morgan fingerprint density at radius 2 is 1.92 bits per heavy atom. The second-order valence-corrected chi connectivity index (χ2v) is 10.6. The molecule has 2 aliphatic heterocycles. The molecule has 2 fully saturated rings. The van der Waals surface area contributed by atoms with Crippen molar-refractivity contribution in [2.75, 3.05) is 56.5 Å². The summed E-state index contributed by atoms with van der Waals surface area (Å²) in [5.41, 5.74) is 4.65. The van der Waals surface area contributed by atoms with Crippen LogP contribution in [0.2, 0.25) is 0 Å². The Kier molecular flexibility index (Phi) is 7.16. The van der Waals surface area contributed by atoms with Crippen molar-refractivity contribution in [3.05, 3.63) is 58.7 Å². The average Bonchev–Trinajstić information content (AvgIpc) is 3.38. The third-order valence-electron chi connectivity index (χ3n) is 7.52. The van der Waals surface area contributed by atoms with Gasteiger partial charge in [0.25, 0.3) is 5.56 Å². The van der Waals surface area contributed by atoms with Crippen molar-refractivity contribution >= 4 is 34.4 Å². The van der Waals surface area contributed by atoms with Gasteiger partial charge in [-0.25, -0.2) is 9.97 Å². The van der Waals surface area contributed by atoms with Crippen molar-refractivity contribution in [3.63, 3.8) is 0 Å². The number of piperazine rings is 1. The molecule has 3 aromatic rings. The van der Waals surface area contributed by atoms with Gasteiger partial charge in [-0.15, -0.1) is 0 Å². The lowest BCUT2D eigenvalue weighted by Crippen LogP contribution is -2.44. The summed E-state index contributed by atoms with van der Waals surface area (Å²) in [5.74, 6) is 0.217. The predicted molar refractivity (Wildman–Crippen MR) is 150 cm³/mol. The average molecular weight is 517 g/mol. The summed E-state index contributed by atoms with van der Waals surface area (Å²) in [4.78, 5) is 46.1. The maximum atomic E-state index is 13.6. The molecule has 5 rings (SSSR count). The van der Waals surface area contributed by atoms with Crippen LogP contribution in [0.1, 0.15) is 43.5 Å². The fourth-order valence-corrected chi connectivity index (χ4v) is 5.34. The molecule has 0 spiro atoms. The molecule has 1 N–H and O–H groups in total. The lowest BCUT2D eigenvalue weighted by Gasteiger charge is -2.35. The molecular formula is C28H36N8O2. The lowest BCUT2D eigenvalue weighted by atomic mass is 10.1. The number of aryl methyl sites for hydroxylation is 1. The number of aromatic nitrogens is 4. The number of nitrogens with zero attached hydrogens (tertiary/aromatic N) is 7. The van der Waals surface area contributed by atoms with Crippen LogP contribution in [0.25, 0.3) is 11.2 Å². The molecule has 1 atom stereocenters. The fraction of sp³-hybridized carbons (Fsp3) is 0.464. The van der Waals surface area contributed by atoms with Crippen LogP contribution in [0.3, 0.4) is 0 Å². The number of hydrogen-bond donors (Lipinski definition) is 1. The van der Waals surface area contributed by atoms with E-state index in [4.69, 9.17) is 4.98 Å². The SMILES string of the molecule is C=CC(=O)N1CCC(n2c(=O)c(C(C)C)nc3cnc(Nc4ccc(N5CCN(C)CC5)c(C)c4)nc32)C1. The molecule has 2 saturated heterocycles. The Morgan fingerprint density at radius 3 is 2.61 bits per heavy atom. The van der Waals surface area contributed by atoms with E-state index in [9.17, 15) is 9.59 Å². The molecule has 4 heterocycles. The summed E-state index contributed by atoms with van der Waals surface area (Å²) in [6.45, 7) is 14.7. The second kappa shape index (κ2) is 10.5. The summed E-state index contributed by atoms with van der Waals surface area (Å²) in [7, 11) is 2.16. The number of rotatable bonds is 6. The quantitative estimate of drug-likeness (QED) is 0.499. The van der Waals surface area contributed by atoms with Crippen LogP contribution >= 0.6 is 0 Å². The van der Waals surface area contributed by atoms with Crippen LogP contribution in [0, 0.1) is 6.92 Å². The van der Waals surface area contributed by atoms with Gasteiger partial charge in [-0.2, -0.15) is 4.98 Å². The molecule has 10 nitrogen and oxygen atoms in total. The largest absolute Gasteiger partial charge is 0.369 e. The topological polar surface area (TPSA) is 99.5 Å². The summed E-state index contributed by atoms with van der Waals surface area (Å²) in [6, 6.07) is 6.09. The number of anilines is 3. The van der Waals surface area contributed by atoms with Crippen LogP contribution in [-0.2, 0) is 4.79 Å². The second-order valence-electron chi connectivity index (χ2n) is 10.6. The molecule has 0 bridgehead atoms. The van der Waals surface area contributed by atoms with Gasteiger partial charge in [-0.05, 0) is 50.2 Å². The summed E-state index contributed by atoms with van der Waals surface area (Å²) in [5, 5.41) is 3.31. The molecule has 10 heteroatoms. The first-order valence-corrected chi connectivity index (χ1v) is 13.3. The molecule has 1 unspecified atom stereocenters. The van der Waals surface area contributed by atoms with E-state index in [0.717, 1.165) is 31.9 Å². The van der Waals surface area contributed by atoms with Crippen molar-refractivity contribution in [1.29, 1.82) is 0 Å². The molecule has 38 heavy (non-hydrogen) atoms. The van der Waals surface area contributed by atoms with Gasteiger partial charge in [0.15, 0.2) is 5.65 Å². The Hall–Kier alpha value is -3.79. The standard InChI is InChI=1S/C28H36N8O2/c1-6-24(37)35-10-9-21(17-35)36-26-22(31-25(18(2)3)27(36)38)16-29-28(32-26)30-20-7-8-23(19(4)15-20)34-13-11-33(5)12-14-34/h6-8,15-16,18,21H,1,9-14,17H2,2-5H3,(H,29,30,32). The number of amides is 1. The highest BCUT2D eigenvalue weighted by Gasteiger charge is 2.30. The smallest absolute Gasteiger partial charge is 0.274 e. The van der Waals surface area contributed by atoms with E-state index in [0.29, 0.717) is 42.3 Å². The first-order valence-electron chi connectivity index (χ1n) is 13.3. The zero-order valence-electron chi connectivity index (χ0n) is 22.6. The Morgan fingerprint density at radius 1 is 1.16 bits per heavy atom. The molecule has 1 aromatic carbocycles. The Bertz CT molecular complexity index is 1420. The van der Waals surface area contributed by atoms with Crippen molar-refractivity contribution in [2.24, 2.45) is 0 Å². The van der Waals surface area contributed by atoms with Crippen LogP contribution in [-0.4, -0.2) is 81.5 Å². The third kappa shape index (κ3) is 5.00. The highest BCUT2D eigenvalue weighted by molar-refractivity contribution is 5.87. The van der Waals surface area contributed by atoms with Crippen molar-refractivity contribution in [1.82, 2.24) is 29.3 Å². The fourth-order valence-electron chi connectivity index (χ4n) is 5.34. The van der Waals surface area contributed by atoms with E-state index in [2.05, 4.69) is 57.8 Å². The molecule has 2 aromatic heterocycles. The first-order chi connectivity index (χ1) is 18.2. The molecule has 0 aliphatic carbocycles. The molecule has 1 amide bonds. The van der Waals surface area contributed by atoms with E-state index in [-0.39, 0.29) is 23.4 Å². The number of benzene rings is 1. The number of carbonyl (C=O) groups excluding carboxylic acids is 1.